The van der Waals surface area contributed by atoms with Gasteiger partial charge >= 0.3 is 5.97 Å². The predicted octanol–water partition coefficient (Wildman–Crippen LogP) is 7.06. The van der Waals surface area contributed by atoms with E-state index in [1.807, 2.05) is 101 Å². The zero-order chi connectivity index (χ0) is 28.8. The molecule has 1 heterocycles. The van der Waals surface area contributed by atoms with E-state index >= 15 is 0 Å². The van der Waals surface area contributed by atoms with E-state index in [0.717, 1.165) is 33.8 Å². The summed E-state index contributed by atoms with van der Waals surface area (Å²) < 4.78 is 7.92. The number of amides is 1. The molecule has 0 atom stereocenters. The van der Waals surface area contributed by atoms with Gasteiger partial charge in [-0.1, -0.05) is 60.7 Å². The number of halogens is 1. The topological polar surface area (TPSA) is 92.9 Å². The first kappa shape index (κ1) is 27.9. The number of aromatic hydroxyl groups is 1. The molecule has 0 aliphatic carbocycles. The van der Waals surface area contributed by atoms with Crippen LogP contribution < -0.4 is 5.43 Å². The van der Waals surface area contributed by atoms with E-state index in [2.05, 4.69) is 15.1 Å². The van der Waals surface area contributed by atoms with Crippen LogP contribution >= 0.6 is 22.6 Å². The summed E-state index contributed by atoms with van der Waals surface area (Å²) in [7, 11) is 0. The van der Waals surface area contributed by atoms with Gasteiger partial charge in [0.1, 0.15) is 5.75 Å². The van der Waals surface area contributed by atoms with Crippen molar-refractivity contribution in [2.75, 3.05) is 6.61 Å². The van der Waals surface area contributed by atoms with Gasteiger partial charge in [-0.2, -0.15) is 5.10 Å². The van der Waals surface area contributed by atoms with Crippen LogP contribution in [0.1, 0.15) is 33.2 Å². The number of carbonyl (C=O) groups excluding carboxylic acids is 2. The SMILES string of the molecule is CCOC(=O)c1ccc(-n2c(-c3ccccc3)cc(/C=N\NC(=O)c3ccc(I)c(O)c3)c2-c2ccccc2)cc1. The molecular weight excluding hydrogens is 629 g/mol. The Kier molecular flexibility index (Phi) is 8.59. The molecule has 0 unspecified atom stereocenters. The monoisotopic (exact) mass is 655 g/mol. The number of ether oxygens (including phenoxy) is 1. The quantitative estimate of drug-likeness (QED) is 0.0811. The van der Waals surface area contributed by atoms with Crippen molar-refractivity contribution < 1.29 is 19.4 Å². The number of nitrogens with one attached hydrogen (secondary N) is 1. The highest BCUT2D eigenvalue weighted by Gasteiger charge is 2.19. The molecule has 41 heavy (non-hydrogen) atoms. The number of rotatable bonds is 8. The molecule has 204 valence electrons. The van der Waals surface area contributed by atoms with Crippen LogP contribution in [0.15, 0.2) is 114 Å². The highest BCUT2D eigenvalue weighted by atomic mass is 127. The van der Waals surface area contributed by atoms with Crippen LogP contribution in [0.25, 0.3) is 28.2 Å². The van der Waals surface area contributed by atoms with Crippen LogP contribution in [0.2, 0.25) is 0 Å². The molecule has 8 heteroatoms. The van der Waals surface area contributed by atoms with Crippen LogP contribution in [0.5, 0.6) is 5.75 Å². The van der Waals surface area contributed by atoms with Gasteiger partial charge in [-0.25, -0.2) is 10.2 Å². The number of phenols is 1. The van der Waals surface area contributed by atoms with Crippen molar-refractivity contribution in [1.82, 2.24) is 9.99 Å². The predicted molar refractivity (Wildman–Crippen MR) is 168 cm³/mol. The number of aromatic nitrogens is 1. The smallest absolute Gasteiger partial charge is 0.338 e. The molecule has 0 radical (unpaired) electrons. The van der Waals surface area contributed by atoms with Crippen LogP contribution in [-0.2, 0) is 4.74 Å². The van der Waals surface area contributed by atoms with Crippen LogP contribution in [0, 0.1) is 3.57 Å². The largest absolute Gasteiger partial charge is 0.507 e. The Balaban J connectivity index is 1.61. The van der Waals surface area contributed by atoms with Gasteiger partial charge in [0.2, 0.25) is 0 Å². The molecule has 0 aliphatic heterocycles. The number of nitrogens with zero attached hydrogens (tertiary/aromatic N) is 2. The number of carbonyl (C=O) groups is 2. The van der Waals surface area contributed by atoms with Gasteiger partial charge in [0.25, 0.3) is 5.91 Å². The lowest BCUT2D eigenvalue weighted by Gasteiger charge is -2.15. The maximum absolute atomic E-state index is 12.7. The van der Waals surface area contributed by atoms with Crippen molar-refractivity contribution in [3.63, 3.8) is 0 Å². The van der Waals surface area contributed by atoms with E-state index < -0.39 is 5.91 Å². The third kappa shape index (κ3) is 6.22. The van der Waals surface area contributed by atoms with Gasteiger partial charge in [-0.05, 0) is 89.2 Å². The van der Waals surface area contributed by atoms with Gasteiger partial charge in [0, 0.05) is 16.8 Å². The van der Waals surface area contributed by atoms with Crippen LogP contribution in [-0.4, -0.2) is 34.4 Å². The summed E-state index contributed by atoms with van der Waals surface area (Å²) in [5, 5.41) is 14.3. The molecule has 5 rings (SSSR count). The number of phenolic OH excluding ortho intramolecular Hbond substituents is 1. The highest BCUT2D eigenvalue weighted by Crippen LogP contribution is 2.35. The van der Waals surface area contributed by atoms with Gasteiger partial charge in [-0.15, -0.1) is 0 Å². The third-order valence-electron chi connectivity index (χ3n) is 6.36. The first-order valence-corrected chi connectivity index (χ1v) is 14.0. The summed E-state index contributed by atoms with van der Waals surface area (Å²) in [4.78, 5) is 25.0. The first-order chi connectivity index (χ1) is 20.0. The Labute approximate surface area is 251 Å². The van der Waals surface area contributed by atoms with Crippen LogP contribution in [0.4, 0.5) is 0 Å². The van der Waals surface area contributed by atoms with Crippen LogP contribution in [0.3, 0.4) is 0 Å². The fourth-order valence-corrected chi connectivity index (χ4v) is 4.78. The van der Waals surface area contributed by atoms with E-state index in [4.69, 9.17) is 4.74 Å². The van der Waals surface area contributed by atoms with Crippen molar-refractivity contribution in [3.8, 4) is 34.0 Å². The minimum absolute atomic E-state index is 0.0344. The van der Waals surface area contributed by atoms with Gasteiger partial charge < -0.3 is 14.4 Å². The molecule has 1 amide bonds. The zero-order valence-electron chi connectivity index (χ0n) is 22.1. The average Bonchev–Trinajstić information content (AvgIpc) is 3.39. The van der Waals surface area contributed by atoms with Crippen molar-refractivity contribution in [2.24, 2.45) is 5.10 Å². The molecule has 7 nitrogen and oxygen atoms in total. The van der Waals surface area contributed by atoms with Gasteiger partial charge in [0.15, 0.2) is 0 Å². The second-order valence-electron chi connectivity index (χ2n) is 9.03. The molecule has 4 aromatic carbocycles. The van der Waals surface area contributed by atoms with E-state index in [9.17, 15) is 14.7 Å². The number of esters is 1. The number of benzene rings is 4. The second-order valence-corrected chi connectivity index (χ2v) is 10.2. The lowest BCUT2D eigenvalue weighted by molar-refractivity contribution is 0.0526. The minimum atomic E-state index is -0.438. The van der Waals surface area contributed by atoms with Crippen molar-refractivity contribution in [3.05, 3.63) is 129 Å². The minimum Gasteiger partial charge on any atom is -0.507 e. The average molecular weight is 655 g/mol. The molecule has 5 aromatic rings. The Bertz CT molecular complexity index is 1710. The molecule has 0 saturated carbocycles. The summed E-state index contributed by atoms with van der Waals surface area (Å²) in [5.41, 5.74) is 8.64. The zero-order valence-corrected chi connectivity index (χ0v) is 24.3. The molecule has 0 aliphatic rings. The van der Waals surface area contributed by atoms with E-state index in [0.29, 0.717) is 21.3 Å². The number of hydrogen-bond donors (Lipinski definition) is 2. The summed E-state index contributed by atoms with van der Waals surface area (Å²) in [6.45, 7) is 2.08. The lowest BCUT2D eigenvalue weighted by Crippen LogP contribution is -2.17. The van der Waals surface area contributed by atoms with E-state index in [1.54, 1.807) is 37.4 Å². The maximum Gasteiger partial charge on any atom is 0.338 e. The van der Waals surface area contributed by atoms with E-state index in [-0.39, 0.29) is 11.7 Å². The molecule has 1 aromatic heterocycles. The fraction of sp³-hybridized carbons (Fsp3) is 0.0606. The van der Waals surface area contributed by atoms with E-state index in [1.165, 1.54) is 6.07 Å². The molecule has 0 saturated heterocycles. The third-order valence-corrected chi connectivity index (χ3v) is 7.27. The second kappa shape index (κ2) is 12.6. The highest BCUT2D eigenvalue weighted by molar-refractivity contribution is 14.1. The van der Waals surface area contributed by atoms with Crippen molar-refractivity contribution in [2.45, 2.75) is 6.92 Å². The van der Waals surface area contributed by atoms with Gasteiger partial charge in [-0.3, -0.25) is 4.79 Å². The maximum atomic E-state index is 12.7. The summed E-state index contributed by atoms with van der Waals surface area (Å²) in [6.07, 6.45) is 1.61. The van der Waals surface area contributed by atoms with Crippen molar-refractivity contribution in [1.29, 1.82) is 0 Å². The van der Waals surface area contributed by atoms with Crippen molar-refractivity contribution >= 4 is 40.7 Å². The molecular formula is C33H26IN3O4. The Morgan fingerprint density at radius 3 is 2.15 bits per heavy atom. The molecule has 2 N–H and O–H groups in total. The Morgan fingerprint density at radius 2 is 1.51 bits per heavy atom. The Hall–Kier alpha value is -4.70. The fourth-order valence-electron chi connectivity index (χ4n) is 4.45. The normalized spacial score (nSPS) is 11.0. The summed E-state index contributed by atoms with van der Waals surface area (Å²) in [6, 6.07) is 33.9. The first-order valence-electron chi connectivity index (χ1n) is 12.9. The number of hydrazone groups is 1. The Morgan fingerprint density at radius 1 is 0.878 bits per heavy atom. The number of hydrogen-bond acceptors (Lipinski definition) is 5. The molecule has 0 spiro atoms. The molecule has 0 bridgehead atoms. The molecule has 0 fully saturated rings. The summed E-state index contributed by atoms with van der Waals surface area (Å²) >= 11 is 2.00. The van der Waals surface area contributed by atoms with Gasteiger partial charge in [0.05, 0.1) is 33.3 Å². The lowest BCUT2D eigenvalue weighted by atomic mass is 10.1. The summed E-state index contributed by atoms with van der Waals surface area (Å²) in [5.74, 6) is -0.776. The standard InChI is InChI=1S/C33H26IN3O4/c1-2-41-33(40)24-13-16-27(17-14-24)37-29(22-9-5-3-6-10-22)19-26(31(37)23-11-7-4-8-12-23)21-35-36-32(39)25-15-18-28(34)30(38)20-25/h3-21,38H,2H2,1H3,(H,36,39)/b35-21-.